The first-order valence-corrected chi connectivity index (χ1v) is 10.9. The number of carbonyl (C=O) groups excluding carboxylic acids is 1. The first-order valence-electron chi connectivity index (χ1n) is 8.27. The molecule has 0 bridgehead atoms. The van der Waals surface area contributed by atoms with E-state index in [1.807, 2.05) is 0 Å². The van der Waals surface area contributed by atoms with Crippen molar-refractivity contribution in [2.24, 2.45) is 0 Å². The summed E-state index contributed by atoms with van der Waals surface area (Å²) in [6.07, 6.45) is -3.65. The number of hydrogen-bond acceptors (Lipinski definition) is 3. The Kier molecular flexibility index (Phi) is 7.08. The standard InChI is InChI=1S/C18H17Cl2F3N2O3S/c1-3-16(25(29(2,27)28)13-7-5-12(19)6-8-13)17(26)24-15-10-11(18(21,22)23)4-9-14(15)20/h4-10,16H,3H2,1-2H3,(H,24,26). The minimum atomic E-state index is -4.63. The summed E-state index contributed by atoms with van der Waals surface area (Å²) in [4.78, 5) is 12.8. The van der Waals surface area contributed by atoms with Gasteiger partial charge in [0.2, 0.25) is 15.9 Å². The summed E-state index contributed by atoms with van der Waals surface area (Å²) in [6.45, 7) is 1.58. The molecule has 0 saturated carbocycles. The number of halogens is 5. The summed E-state index contributed by atoms with van der Waals surface area (Å²) in [7, 11) is -3.90. The van der Waals surface area contributed by atoms with E-state index >= 15 is 0 Å². The SMILES string of the molecule is CCC(C(=O)Nc1cc(C(F)(F)F)ccc1Cl)N(c1ccc(Cl)cc1)S(C)(=O)=O. The van der Waals surface area contributed by atoms with Crippen molar-refractivity contribution in [2.45, 2.75) is 25.6 Å². The second-order valence-electron chi connectivity index (χ2n) is 6.14. The average molecular weight is 469 g/mol. The zero-order chi connectivity index (χ0) is 22.0. The zero-order valence-electron chi connectivity index (χ0n) is 15.3. The van der Waals surface area contributed by atoms with Gasteiger partial charge in [-0.05, 0) is 48.9 Å². The fraction of sp³-hybridized carbons (Fsp3) is 0.278. The Morgan fingerprint density at radius 1 is 1.14 bits per heavy atom. The monoisotopic (exact) mass is 468 g/mol. The van der Waals surface area contributed by atoms with E-state index in [1.54, 1.807) is 6.92 Å². The summed E-state index contributed by atoms with van der Waals surface area (Å²) in [5.41, 5.74) is -1.08. The third-order valence-corrected chi connectivity index (χ3v) is 5.72. The minimum absolute atomic E-state index is 0.0537. The lowest BCUT2D eigenvalue weighted by molar-refractivity contribution is -0.137. The van der Waals surface area contributed by atoms with E-state index in [1.165, 1.54) is 24.3 Å². The molecule has 1 unspecified atom stereocenters. The Morgan fingerprint density at radius 3 is 2.21 bits per heavy atom. The number of benzene rings is 2. The Hall–Kier alpha value is -1.97. The summed E-state index contributed by atoms with van der Waals surface area (Å²) < 4.78 is 64.5. The lowest BCUT2D eigenvalue weighted by Gasteiger charge is -2.30. The van der Waals surface area contributed by atoms with Crippen molar-refractivity contribution in [1.82, 2.24) is 0 Å². The predicted molar refractivity (Wildman–Crippen MR) is 108 cm³/mol. The lowest BCUT2D eigenvalue weighted by atomic mass is 10.1. The normalized spacial score (nSPS) is 13.1. The molecule has 0 spiro atoms. The van der Waals surface area contributed by atoms with E-state index in [4.69, 9.17) is 23.2 Å². The highest BCUT2D eigenvalue weighted by Crippen LogP contribution is 2.34. The Balaban J connectivity index is 2.42. The van der Waals surface area contributed by atoms with Crippen LogP contribution in [0.5, 0.6) is 0 Å². The van der Waals surface area contributed by atoms with Crippen LogP contribution in [0.3, 0.4) is 0 Å². The van der Waals surface area contributed by atoms with Crippen LogP contribution in [-0.2, 0) is 21.0 Å². The minimum Gasteiger partial charge on any atom is -0.323 e. The van der Waals surface area contributed by atoms with Gasteiger partial charge in [0.25, 0.3) is 0 Å². The molecule has 5 nitrogen and oxygen atoms in total. The molecule has 2 rings (SSSR count). The lowest BCUT2D eigenvalue weighted by Crippen LogP contribution is -2.47. The van der Waals surface area contributed by atoms with E-state index in [0.29, 0.717) is 11.1 Å². The van der Waals surface area contributed by atoms with Crippen molar-refractivity contribution >= 4 is 50.5 Å². The highest BCUT2D eigenvalue weighted by molar-refractivity contribution is 7.92. The van der Waals surface area contributed by atoms with Gasteiger partial charge in [0, 0.05) is 5.02 Å². The smallest absolute Gasteiger partial charge is 0.323 e. The van der Waals surface area contributed by atoms with Crippen LogP contribution in [0.1, 0.15) is 18.9 Å². The number of nitrogens with one attached hydrogen (secondary N) is 1. The van der Waals surface area contributed by atoms with Gasteiger partial charge in [-0.25, -0.2) is 8.42 Å². The van der Waals surface area contributed by atoms with Gasteiger partial charge in [0.1, 0.15) is 6.04 Å². The van der Waals surface area contributed by atoms with Crippen LogP contribution in [0.25, 0.3) is 0 Å². The second kappa shape index (κ2) is 8.81. The van der Waals surface area contributed by atoms with Crippen LogP contribution in [-0.4, -0.2) is 26.6 Å². The van der Waals surface area contributed by atoms with Gasteiger partial charge < -0.3 is 5.32 Å². The van der Waals surface area contributed by atoms with Crippen LogP contribution in [0.4, 0.5) is 24.5 Å². The predicted octanol–water partition coefficient (Wildman–Crippen LogP) is 5.20. The number of rotatable bonds is 6. The van der Waals surface area contributed by atoms with Gasteiger partial charge in [0.15, 0.2) is 0 Å². The topological polar surface area (TPSA) is 66.5 Å². The molecule has 1 atom stereocenters. The van der Waals surface area contributed by atoms with Crippen molar-refractivity contribution in [3.05, 3.63) is 58.1 Å². The van der Waals surface area contributed by atoms with Crippen LogP contribution in [0.2, 0.25) is 10.0 Å². The first-order chi connectivity index (χ1) is 13.3. The summed E-state index contributed by atoms with van der Waals surface area (Å²) in [5, 5.41) is 2.56. The van der Waals surface area contributed by atoms with Gasteiger partial charge in [-0.15, -0.1) is 0 Å². The molecule has 11 heteroatoms. The first kappa shape index (κ1) is 23.3. The van der Waals surface area contributed by atoms with Crippen molar-refractivity contribution in [3.63, 3.8) is 0 Å². The number of alkyl halides is 3. The molecule has 158 valence electrons. The Labute approximate surface area is 176 Å². The fourth-order valence-corrected chi connectivity index (χ4v) is 4.16. The Morgan fingerprint density at radius 2 is 1.72 bits per heavy atom. The maximum Gasteiger partial charge on any atom is 0.416 e. The summed E-state index contributed by atoms with van der Waals surface area (Å²) >= 11 is 11.7. The molecule has 1 amide bonds. The van der Waals surface area contributed by atoms with Crippen LogP contribution >= 0.6 is 23.2 Å². The van der Waals surface area contributed by atoms with Crippen molar-refractivity contribution in [2.75, 3.05) is 15.9 Å². The molecule has 1 N–H and O–H groups in total. The van der Waals surface area contributed by atoms with E-state index in [0.717, 1.165) is 22.7 Å². The van der Waals surface area contributed by atoms with Crippen LogP contribution in [0.15, 0.2) is 42.5 Å². The van der Waals surface area contributed by atoms with Crippen molar-refractivity contribution < 1.29 is 26.4 Å². The highest BCUT2D eigenvalue weighted by Gasteiger charge is 2.33. The highest BCUT2D eigenvalue weighted by atomic mass is 35.5. The third kappa shape index (κ3) is 5.77. The molecule has 0 aliphatic heterocycles. The Bertz CT molecular complexity index is 996. The molecule has 29 heavy (non-hydrogen) atoms. The molecular weight excluding hydrogens is 452 g/mol. The molecule has 0 fully saturated rings. The zero-order valence-corrected chi connectivity index (χ0v) is 17.6. The van der Waals surface area contributed by atoms with Gasteiger partial charge in [-0.1, -0.05) is 30.1 Å². The number of carbonyl (C=O) groups is 1. The van der Waals surface area contributed by atoms with E-state index in [-0.39, 0.29) is 22.8 Å². The molecular formula is C18H17Cl2F3N2O3S. The molecule has 0 radical (unpaired) electrons. The van der Waals surface area contributed by atoms with Gasteiger partial charge in [-0.3, -0.25) is 9.10 Å². The van der Waals surface area contributed by atoms with Crippen LogP contribution < -0.4 is 9.62 Å². The molecule has 2 aromatic rings. The summed E-state index contributed by atoms with van der Waals surface area (Å²) in [5.74, 6) is -0.825. The maximum atomic E-state index is 12.9. The number of sulfonamides is 1. The van der Waals surface area contributed by atoms with Gasteiger partial charge in [0.05, 0.1) is 28.2 Å². The second-order valence-corrected chi connectivity index (χ2v) is 8.84. The molecule has 0 saturated heterocycles. The summed E-state index contributed by atoms with van der Waals surface area (Å²) in [6, 6.07) is 7.04. The van der Waals surface area contributed by atoms with Gasteiger partial charge in [-0.2, -0.15) is 13.2 Å². The average Bonchev–Trinajstić information content (AvgIpc) is 2.60. The van der Waals surface area contributed by atoms with E-state index < -0.39 is 33.7 Å². The van der Waals surface area contributed by atoms with Crippen LogP contribution in [0, 0.1) is 0 Å². The fourth-order valence-electron chi connectivity index (χ4n) is 2.66. The molecule has 0 heterocycles. The molecule has 2 aromatic carbocycles. The van der Waals surface area contributed by atoms with Crippen molar-refractivity contribution in [3.8, 4) is 0 Å². The van der Waals surface area contributed by atoms with E-state index in [9.17, 15) is 26.4 Å². The molecule has 0 aliphatic carbocycles. The van der Waals surface area contributed by atoms with Crippen molar-refractivity contribution in [1.29, 1.82) is 0 Å². The number of anilines is 2. The number of hydrogen-bond donors (Lipinski definition) is 1. The third-order valence-electron chi connectivity index (χ3n) is 3.96. The van der Waals surface area contributed by atoms with E-state index in [2.05, 4.69) is 5.32 Å². The largest absolute Gasteiger partial charge is 0.416 e. The van der Waals surface area contributed by atoms with Gasteiger partial charge >= 0.3 is 6.18 Å². The number of nitrogens with zero attached hydrogens (tertiary/aromatic N) is 1. The maximum absolute atomic E-state index is 12.9. The molecule has 0 aliphatic rings. The molecule has 0 aromatic heterocycles. The number of amides is 1. The quantitative estimate of drug-likeness (QED) is 0.633.